The van der Waals surface area contributed by atoms with Gasteiger partial charge in [0, 0.05) is 5.02 Å². The number of hydrogen-bond donors (Lipinski definition) is 3. The molecule has 0 aromatic heterocycles. The number of benzene rings is 1. The quantitative estimate of drug-likeness (QED) is 0.688. The van der Waals surface area contributed by atoms with E-state index in [1.165, 1.54) is 0 Å². The smallest absolute Gasteiger partial charge is 0.0663 e. The standard InChI is InChI=1S/C10H14ClNO2/c11-9-3-1-8(2-4-9)5-10(12,6-13)7-14/h1-4,13-14H,5-7,12H2. The number of hydrogen-bond acceptors (Lipinski definition) is 3. The summed E-state index contributed by atoms with van der Waals surface area (Å²) in [6, 6.07) is 7.17. The Balaban J connectivity index is 2.72. The molecule has 4 heteroatoms. The topological polar surface area (TPSA) is 66.5 Å². The summed E-state index contributed by atoms with van der Waals surface area (Å²) in [5.74, 6) is 0. The van der Waals surface area contributed by atoms with E-state index in [1.807, 2.05) is 12.1 Å². The minimum absolute atomic E-state index is 0.244. The summed E-state index contributed by atoms with van der Waals surface area (Å²) in [6.07, 6.45) is 0.428. The van der Waals surface area contributed by atoms with E-state index >= 15 is 0 Å². The molecule has 0 saturated carbocycles. The molecule has 0 atom stereocenters. The average Bonchev–Trinajstić information content (AvgIpc) is 2.21. The highest BCUT2D eigenvalue weighted by Crippen LogP contribution is 2.14. The molecule has 1 rings (SSSR count). The van der Waals surface area contributed by atoms with Gasteiger partial charge in [0.05, 0.1) is 18.8 Å². The summed E-state index contributed by atoms with van der Waals surface area (Å²) in [4.78, 5) is 0. The van der Waals surface area contributed by atoms with Crippen LogP contribution in [-0.4, -0.2) is 29.0 Å². The van der Waals surface area contributed by atoms with Gasteiger partial charge in [-0.25, -0.2) is 0 Å². The van der Waals surface area contributed by atoms with Gasteiger partial charge in [-0.05, 0) is 24.1 Å². The highest BCUT2D eigenvalue weighted by Gasteiger charge is 2.23. The lowest BCUT2D eigenvalue weighted by molar-refractivity contribution is 0.121. The molecule has 1 aromatic rings. The molecule has 0 aliphatic heterocycles. The number of halogens is 1. The lowest BCUT2D eigenvalue weighted by Gasteiger charge is -2.24. The van der Waals surface area contributed by atoms with Crippen molar-refractivity contribution in [2.45, 2.75) is 12.0 Å². The Bertz CT molecular complexity index is 283. The van der Waals surface area contributed by atoms with E-state index in [0.717, 1.165) is 5.56 Å². The molecule has 4 N–H and O–H groups in total. The molecule has 0 bridgehead atoms. The zero-order valence-electron chi connectivity index (χ0n) is 7.78. The fourth-order valence-electron chi connectivity index (χ4n) is 1.17. The molecule has 0 aliphatic rings. The van der Waals surface area contributed by atoms with Crippen LogP contribution in [0.3, 0.4) is 0 Å². The first kappa shape index (κ1) is 11.5. The van der Waals surface area contributed by atoms with Crippen LogP contribution in [-0.2, 0) is 6.42 Å². The van der Waals surface area contributed by atoms with Crippen molar-refractivity contribution in [3.8, 4) is 0 Å². The summed E-state index contributed by atoms with van der Waals surface area (Å²) >= 11 is 5.72. The Kier molecular flexibility index (Phi) is 3.89. The minimum atomic E-state index is -0.951. The van der Waals surface area contributed by atoms with E-state index in [0.29, 0.717) is 11.4 Å². The maximum Gasteiger partial charge on any atom is 0.0663 e. The molecule has 78 valence electrons. The second-order valence-corrected chi connectivity index (χ2v) is 3.92. The van der Waals surface area contributed by atoms with Crippen molar-refractivity contribution in [3.05, 3.63) is 34.9 Å². The molecule has 1 aromatic carbocycles. The molecule has 14 heavy (non-hydrogen) atoms. The van der Waals surface area contributed by atoms with Crippen LogP contribution in [0.4, 0.5) is 0 Å². The van der Waals surface area contributed by atoms with Gasteiger partial charge in [-0.15, -0.1) is 0 Å². The number of nitrogens with two attached hydrogens (primary N) is 1. The molecular formula is C10H14ClNO2. The molecule has 0 saturated heterocycles. The van der Waals surface area contributed by atoms with Gasteiger partial charge in [-0.2, -0.15) is 0 Å². The Labute approximate surface area is 88.1 Å². The lowest BCUT2D eigenvalue weighted by atomic mass is 9.94. The maximum absolute atomic E-state index is 8.99. The largest absolute Gasteiger partial charge is 0.394 e. The summed E-state index contributed by atoms with van der Waals surface area (Å²) in [6.45, 7) is -0.488. The molecule has 0 amide bonds. The third-order valence-corrected chi connectivity index (χ3v) is 2.35. The van der Waals surface area contributed by atoms with Gasteiger partial charge in [0.2, 0.25) is 0 Å². The average molecular weight is 216 g/mol. The van der Waals surface area contributed by atoms with Crippen molar-refractivity contribution in [2.24, 2.45) is 5.73 Å². The van der Waals surface area contributed by atoms with E-state index in [-0.39, 0.29) is 13.2 Å². The molecule has 0 aliphatic carbocycles. The fourth-order valence-corrected chi connectivity index (χ4v) is 1.30. The van der Waals surface area contributed by atoms with Crippen molar-refractivity contribution < 1.29 is 10.2 Å². The van der Waals surface area contributed by atoms with Gasteiger partial charge in [0.1, 0.15) is 0 Å². The van der Waals surface area contributed by atoms with Crippen LogP contribution in [0.2, 0.25) is 5.02 Å². The second kappa shape index (κ2) is 4.75. The van der Waals surface area contributed by atoms with Gasteiger partial charge in [-0.1, -0.05) is 23.7 Å². The van der Waals surface area contributed by atoms with Crippen molar-refractivity contribution in [1.82, 2.24) is 0 Å². The van der Waals surface area contributed by atoms with Crippen LogP contribution in [0.5, 0.6) is 0 Å². The Morgan fingerprint density at radius 3 is 2.07 bits per heavy atom. The van der Waals surface area contributed by atoms with Gasteiger partial charge in [0.25, 0.3) is 0 Å². The molecule has 0 heterocycles. The third-order valence-electron chi connectivity index (χ3n) is 2.10. The van der Waals surface area contributed by atoms with Crippen molar-refractivity contribution >= 4 is 11.6 Å². The zero-order chi connectivity index (χ0) is 10.6. The molecule has 3 nitrogen and oxygen atoms in total. The predicted molar refractivity (Wildman–Crippen MR) is 56.2 cm³/mol. The second-order valence-electron chi connectivity index (χ2n) is 3.48. The van der Waals surface area contributed by atoms with Crippen molar-refractivity contribution in [2.75, 3.05) is 13.2 Å². The molecule has 0 unspecified atom stereocenters. The maximum atomic E-state index is 8.99. The minimum Gasteiger partial charge on any atom is -0.394 e. The zero-order valence-corrected chi connectivity index (χ0v) is 8.54. The summed E-state index contributed by atoms with van der Waals surface area (Å²) in [7, 11) is 0. The van der Waals surface area contributed by atoms with Crippen LogP contribution in [0, 0.1) is 0 Å². The summed E-state index contributed by atoms with van der Waals surface area (Å²) in [5.41, 5.74) is 5.73. The van der Waals surface area contributed by atoms with E-state index < -0.39 is 5.54 Å². The van der Waals surface area contributed by atoms with Crippen LogP contribution in [0.1, 0.15) is 5.56 Å². The van der Waals surface area contributed by atoms with Crippen LogP contribution >= 0.6 is 11.6 Å². The Morgan fingerprint density at radius 2 is 1.64 bits per heavy atom. The van der Waals surface area contributed by atoms with Gasteiger partial charge in [-0.3, -0.25) is 0 Å². The first-order valence-corrected chi connectivity index (χ1v) is 4.72. The number of rotatable bonds is 4. The summed E-state index contributed by atoms with van der Waals surface area (Å²) in [5, 5.41) is 18.6. The Morgan fingerprint density at radius 1 is 1.14 bits per heavy atom. The van der Waals surface area contributed by atoms with E-state index in [9.17, 15) is 0 Å². The highest BCUT2D eigenvalue weighted by molar-refractivity contribution is 6.30. The van der Waals surface area contributed by atoms with Crippen LogP contribution in [0.15, 0.2) is 24.3 Å². The van der Waals surface area contributed by atoms with Gasteiger partial charge in [0.15, 0.2) is 0 Å². The van der Waals surface area contributed by atoms with Gasteiger partial charge >= 0.3 is 0 Å². The number of aliphatic hydroxyl groups excluding tert-OH is 2. The van der Waals surface area contributed by atoms with E-state index in [4.69, 9.17) is 27.5 Å². The monoisotopic (exact) mass is 215 g/mol. The lowest BCUT2D eigenvalue weighted by Crippen LogP contribution is -2.49. The van der Waals surface area contributed by atoms with Crippen LogP contribution < -0.4 is 5.73 Å². The fraction of sp³-hybridized carbons (Fsp3) is 0.400. The van der Waals surface area contributed by atoms with E-state index in [1.54, 1.807) is 12.1 Å². The molecular weight excluding hydrogens is 202 g/mol. The normalized spacial score (nSPS) is 11.7. The number of aliphatic hydroxyl groups is 2. The summed E-state index contributed by atoms with van der Waals surface area (Å²) < 4.78 is 0. The van der Waals surface area contributed by atoms with Crippen molar-refractivity contribution in [1.29, 1.82) is 0 Å². The first-order chi connectivity index (χ1) is 6.59. The first-order valence-electron chi connectivity index (χ1n) is 4.35. The predicted octanol–water partition coefficient (Wildman–Crippen LogP) is 0.565. The molecule has 0 radical (unpaired) electrons. The SMILES string of the molecule is NC(CO)(CO)Cc1ccc(Cl)cc1. The van der Waals surface area contributed by atoms with Gasteiger partial charge < -0.3 is 15.9 Å². The molecule has 0 fully saturated rings. The highest BCUT2D eigenvalue weighted by atomic mass is 35.5. The van der Waals surface area contributed by atoms with Crippen LogP contribution in [0.25, 0.3) is 0 Å². The van der Waals surface area contributed by atoms with E-state index in [2.05, 4.69) is 0 Å². The Hall–Kier alpha value is -0.610. The third kappa shape index (κ3) is 2.96. The van der Waals surface area contributed by atoms with Crippen molar-refractivity contribution in [3.63, 3.8) is 0 Å². The molecule has 0 spiro atoms.